The van der Waals surface area contributed by atoms with Crippen molar-refractivity contribution in [3.63, 3.8) is 0 Å². The Morgan fingerprint density at radius 1 is 1.70 bits per heavy atom. The van der Waals surface area contributed by atoms with Crippen molar-refractivity contribution >= 4 is 6.03 Å². The highest BCUT2D eigenvalue weighted by atomic mass is 16.2. The van der Waals surface area contributed by atoms with E-state index in [0.29, 0.717) is 6.54 Å². The number of carbonyl (C=O) groups excluding carboxylic acids is 1. The number of carbonyl (C=O) groups is 1. The summed E-state index contributed by atoms with van der Waals surface area (Å²) in [7, 11) is 3.75. The van der Waals surface area contributed by atoms with Crippen LogP contribution in [0.1, 0.15) is 0 Å². The van der Waals surface area contributed by atoms with E-state index in [-0.39, 0.29) is 0 Å². The molecule has 0 heterocycles. The first-order chi connectivity index (χ1) is 4.68. The Kier molecular flexibility index (Phi) is 12.7. The van der Waals surface area contributed by atoms with Crippen LogP contribution in [0.2, 0.25) is 0 Å². The van der Waals surface area contributed by atoms with E-state index in [0.717, 1.165) is 0 Å². The van der Waals surface area contributed by atoms with Gasteiger partial charge in [0, 0.05) is 6.54 Å². The molecule has 0 radical (unpaired) electrons. The standard InChI is InChI=1S/C4H8N2O.C2H7N/c1-2-3-6-4(5)7;1-3-2/h2H,1,3H2,(H3,5,6,7);3H,1-2H3. The van der Waals surface area contributed by atoms with E-state index in [9.17, 15) is 4.79 Å². The lowest BCUT2D eigenvalue weighted by Crippen LogP contribution is -2.28. The molecule has 0 saturated heterocycles. The summed E-state index contributed by atoms with van der Waals surface area (Å²) >= 11 is 0. The Morgan fingerprint density at radius 2 is 2.10 bits per heavy atom. The van der Waals surface area contributed by atoms with E-state index in [1.165, 1.54) is 0 Å². The molecule has 0 aromatic rings. The molecular formula is C6H15N3O. The van der Waals surface area contributed by atoms with Crippen molar-refractivity contribution in [2.45, 2.75) is 0 Å². The van der Waals surface area contributed by atoms with Gasteiger partial charge in [-0.3, -0.25) is 0 Å². The normalized spacial score (nSPS) is 7.00. The lowest BCUT2D eigenvalue weighted by atomic mass is 10.6. The number of nitrogens with one attached hydrogen (secondary N) is 2. The third kappa shape index (κ3) is 28.2. The van der Waals surface area contributed by atoms with E-state index >= 15 is 0 Å². The van der Waals surface area contributed by atoms with Gasteiger partial charge in [0.25, 0.3) is 0 Å². The van der Waals surface area contributed by atoms with E-state index in [4.69, 9.17) is 0 Å². The van der Waals surface area contributed by atoms with Crippen LogP contribution in [0.4, 0.5) is 4.79 Å². The molecule has 0 aliphatic rings. The van der Waals surface area contributed by atoms with Crippen LogP contribution < -0.4 is 16.4 Å². The molecule has 0 aliphatic heterocycles. The summed E-state index contributed by atoms with van der Waals surface area (Å²) in [6.07, 6.45) is 1.56. The van der Waals surface area contributed by atoms with E-state index in [1.807, 2.05) is 14.1 Å². The second kappa shape index (κ2) is 10.9. The minimum absolute atomic E-state index is 0.440. The number of amides is 2. The Hall–Kier alpha value is -1.03. The molecule has 0 aromatic heterocycles. The average Bonchev–Trinajstić information content (AvgIpc) is 1.85. The Morgan fingerprint density at radius 3 is 2.20 bits per heavy atom. The maximum atomic E-state index is 9.82. The first-order valence-corrected chi connectivity index (χ1v) is 2.91. The maximum absolute atomic E-state index is 9.82. The molecule has 60 valence electrons. The van der Waals surface area contributed by atoms with Crippen LogP contribution in [0.25, 0.3) is 0 Å². The fourth-order valence-electron chi connectivity index (χ4n) is 0.173. The summed E-state index contributed by atoms with van der Waals surface area (Å²) in [5.74, 6) is 0. The van der Waals surface area contributed by atoms with Crippen molar-refractivity contribution in [1.82, 2.24) is 10.6 Å². The van der Waals surface area contributed by atoms with Crippen molar-refractivity contribution in [3.05, 3.63) is 12.7 Å². The van der Waals surface area contributed by atoms with Gasteiger partial charge in [0.05, 0.1) is 0 Å². The van der Waals surface area contributed by atoms with Gasteiger partial charge in [-0.25, -0.2) is 4.79 Å². The monoisotopic (exact) mass is 145 g/mol. The predicted molar refractivity (Wildman–Crippen MR) is 42.8 cm³/mol. The van der Waals surface area contributed by atoms with Crippen LogP contribution in [0.15, 0.2) is 12.7 Å². The first-order valence-electron chi connectivity index (χ1n) is 2.91. The van der Waals surface area contributed by atoms with Gasteiger partial charge < -0.3 is 16.4 Å². The number of rotatable bonds is 2. The smallest absolute Gasteiger partial charge is 0.312 e. The highest BCUT2D eigenvalue weighted by Crippen LogP contribution is 1.56. The zero-order chi connectivity index (χ0) is 8.41. The largest absolute Gasteiger partial charge is 0.352 e. The van der Waals surface area contributed by atoms with E-state index < -0.39 is 6.03 Å². The zero-order valence-corrected chi connectivity index (χ0v) is 6.48. The summed E-state index contributed by atoms with van der Waals surface area (Å²) < 4.78 is 0. The van der Waals surface area contributed by atoms with Crippen molar-refractivity contribution in [3.8, 4) is 0 Å². The van der Waals surface area contributed by atoms with Crippen LogP contribution >= 0.6 is 0 Å². The lowest BCUT2D eigenvalue weighted by molar-refractivity contribution is 0.250. The molecule has 4 N–H and O–H groups in total. The molecule has 0 aliphatic carbocycles. The van der Waals surface area contributed by atoms with Crippen molar-refractivity contribution in [2.75, 3.05) is 20.6 Å². The molecule has 2 amide bonds. The number of primary amides is 1. The number of hydrogen-bond acceptors (Lipinski definition) is 2. The summed E-state index contributed by atoms with van der Waals surface area (Å²) in [5, 5.41) is 5.07. The minimum atomic E-state index is -0.514. The summed E-state index contributed by atoms with van der Waals surface area (Å²) in [5.41, 5.74) is 4.68. The summed E-state index contributed by atoms with van der Waals surface area (Å²) in [4.78, 5) is 9.82. The Balaban J connectivity index is 0. The van der Waals surface area contributed by atoms with E-state index in [2.05, 4.69) is 22.9 Å². The summed E-state index contributed by atoms with van der Waals surface area (Å²) in [6, 6.07) is -0.514. The maximum Gasteiger partial charge on any atom is 0.312 e. The van der Waals surface area contributed by atoms with Gasteiger partial charge in [0.15, 0.2) is 0 Å². The Labute approximate surface area is 61.5 Å². The van der Waals surface area contributed by atoms with Gasteiger partial charge in [0.1, 0.15) is 0 Å². The first kappa shape index (κ1) is 11.7. The Bertz CT molecular complexity index is 93.0. The minimum Gasteiger partial charge on any atom is -0.352 e. The third-order valence-corrected chi connectivity index (χ3v) is 0.421. The van der Waals surface area contributed by atoms with Crippen LogP contribution in [-0.2, 0) is 0 Å². The highest BCUT2D eigenvalue weighted by molar-refractivity contribution is 5.71. The van der Waals surface area contributed by atoms with Gasteiger partial charge in [-0.15, -0.1) is 6.58 Å². The van der Waals surface area contributed by atoms with Crippen LogP contribution in [0.5, 0.6) is 0 Å². The quantitative estimate of drug-likeness (QED) is 0.466. The molecule has 0 unspecified atom stereocenters. The van der Waals surface area contributed by atoms with Gasteiger partial charge in [0.2, 0.25) is 0 Å². The molecule has 4 heteroatoms. The fourth-order valence-corrected chi connectivity index (χ4v) is 0.173. The molecule has 0 rings (SSSR count). The van der Waals surface area contributed by atoms with Gasteiger partial charge >= 0.3 is 6.03 Å². The average molecular weight is 145 g/mol. The number of hydrogen-bond donors (Lipinski definition) is 3. The summed E-state index contributed by atoms with van der Waals surface area (Å²) in [6.45, 7) is 3.80. The topological polar surface area (TPSA) is 67.1 Å². The van der Waals surface area contributed by atoms with Crippen molar-refractivity contribution < 1.29 is 4.79 Å². The van der Waals surface area contributed by atoms with Gasteiger partial charge in [-0.05, 0) is 14.1 Å². The highest BCUT2D eigenvalue weighted by Gasteiger charge is 1.81. The third-order valence-electron chi connectivity index (χ3n) is 0.421. The molecular weight excluding hydrogens is 130 g/mol. The number of urea groups is 1. The van der Waals surface area contributed by atoms with Crippen molar-refractivity contribution in [1.29, 1.82) is 0 Å². The molecule has 4 nitrogen and oxygen atoms in total. The van der Waals surface area contributed by atoms with Gasteiger partial charge in [-0.1, -0.05) is 6.08 Å². The SMILES string of the molecule is C=CCNC(N)=O.CNC. The molecule has 0 aromatic carbocycles. The molecule has 0 saturated carbocycles. The van der Waals surface area contributed by atoms with Gasteiger partial charge in [-0.2, -0.15) is 0 Å². The second-order valence-electron chi connectivity index (χ2n) is 1.53. The van der Waals surface area contributed by atoms with Crippen LogP contribution in [0.3, 0.4) is 0 Å². The lowest BCUT2D eigenvalue weighted by Gasteiger charge is -1.90. The van der Waals surface area contributed by atoms with Crippen molar-refractivity contribution in [2.24, 2.45) is 5.73 Å². The predicted octanol–water partition coefficient (Wildman–Crippen LogP) is -0.324. The molecule has 0 atom stereocenters. The zero-order valence-electron chi connectivity index (χ0n) is 6.48. The fraction of sp³-hybridized carbons (Fsp3) is 0.500. The van der Waals surface area contributed by atoms with E-state index in [1.54, 1.807) is 6.08 Å². The van der Waals surface area contributed by atoms with Crippen LogP contribution in [-0.4, -0.2) is 26.7 Å². The number of nitrogens with two attached hydrogens (primary N) is 1. The molecule has 10 heavy (non-hydrogen) atoms. The second-order valence-corrected chi connectivity index (χ2v) is 1.53. The molecule has 0 fully saturated rings. The molecule has 0 bridgehead atoms. The molecule has 0 spiro atoms. The van der Waals surface area contributed by atoms with Crippen LogP contribution in [0, 0.1) is 0 Å².